The normalized spacial score (nSPS) is 22.4. The van der Waals surface area contributed by atoms with Crippen LogP contribution in [0.1, 0.15) is 31.9 Å². The van der Waals surface area contributed by atoms with E-state index in [-0.39, 0.29) is 37.2 Å². The number of alkyl halides is 3. The lowest BCUT2D eigenvalue weighted by Gasteiger charge is -2.40. The minimum absolute atomic E-state index is 0.0232. The lowest BCUT2D eigenvalue weighted by atomic mass is 9.83. The third-order valence-corrected chi connectivity index (χ3v) is 5.20. The van der Waals surface area contributed by atoms with Gasteiger partial charge in [-0.15, -0.1) is 0 Å². The summed E-state index contributed by atoms with van der Waals surface area (Å²) in [5.41, 5.74) is -2.92. The topological polar surface area (TPSA) is 71.2 Å². The lowest BCUT2D eigenvalue weighted by Crippen LogP contribution is -2.58. The molecule has 1 saturated heterocycles. The maximum atomic E-state index is 14.1. The monoisotopic (exact) mass is 418 g/mol. The van der Waals surface area contributed by atoms with Gasteiger partial charge in [0.15, 0.2) is 11.6 Å². The van der Waals surface area contributed by atoms with E-state index in [0.29, 0.717) is 18.7 Å². The summed E-state index contributed by atoms with van der Waals surface area (Å²) >= 11 is 0. The van der Waals surface area contributed by atoms with Gasteiger partial charge in [-0.25, -0.2) is 18.4 Å². The first-order valence-electron chi connectivity index (χ1n) is 8.87. The molecule has 0 bridgehead atoms. The van der Waals surface area contributed by atoms with E-state index in [9.17, 15) is 31.9 Å². The van der Waals surface area contributed by atoms with Crippen molar-refractivity contribution in [3.63, 3.8) is 0 Å². The molecule has 2 aromatic rings. The number of pyridine rings is 1. The maximum absolute atomic E-state index is 14.1. The largest absolute Gasteiger partial charge is 0.426 e. The number of aromatic nitrogens is 3. The van der Waals surface area contributed by atoms with Crippen molar-refractivity contribution in [1.82, 2.24) is 19.7 Å². The zero-order chi connectivity index (χ0) is 21.6. The first-order valence-corrected chi connectivity index (χ1v) is 8.87. The molecule has 29 heavy (non-hydrogen) atoms. The average molecular weight is 418 g/mol. The van der Waals surface area contributed by atoms with Crippen molar-refractivity contribution in [3.8, 4) is 5.82 Å². The van der Waals surface area contributed by atoms with Crippen molar-refractivity contribution in [1.29, 1.82) is 0 Å². The fourth-order valence-electron chi connectivity index (χ4n) is 3.53. The zero-order valence-electron chi connectivity index (χ0n) is 15.6. The molecule has 1 N–H and O–H groups in total. The van der Waals surface area contributed by atoms with E-state index < -0.39 is 29.3 Å². The molecule has 0 spiro atoms. The fourth-order valence-corrected chi connectivity index (χ4v) is 3.53. The molecule has 1 aliphatic rings. The fraction of sp³-hybridized carbons (Fsp3) is 0.500. The van der Waals surface area contributed by atoms with Crippen LogP contribution in [0.3, 0.4) is 0 Å². The van der Waals surface area contributed by atoms with Crippen LogP contribution in [-0.4, -0.2) is 55.5 Å². The SMILES string of the molecule is C[C@@H]1CN(C(=O)[C@@](C)(O)C(F)(F)F)CC[C@@H]1c1ccnn1-c1ncc(F)cc1F. The van der Waals surface area contributed by atoms with Gasteiger partial charge >= 0.3 is 6.18 Å². The second-order valence-corrected chi connectivity index (χ2v) is 7.32. The number of hydrogen-bond donors (Lipinski definition) is 1. The highest BCUT2D eigenvalue weighted by Gasteiger charge is 2.57. The Kier molecular flexibility index (Phi) is 5.37. The van der Waals surface area contributed by atoms with Crippen LogP contribution in [0.15, 0.2) is 24.5 Å². The van der Waals surface area contributed by atoms with E-state index in [1.807, 2.05) is 0 Å². The van der Waals surface area contributed by atoms with Gasteiger partial charge in [0.05, 0.1) is 6.20 Å². The van der Waals surface area contributed by atoms with Crippen LogP contribution in [0, 0.1) is 17.6 Å². The molecule has 0 aromatic carbocycles. The Bertz CT molecular complexity index is 912. The van der Waals surface area contributed by atoms with Crippen LogP contribution in [0.5, 0.6) is 0 Å². The molecule has 3 rings (SSSR count). The summed E-state index contributed by atoms with van der Waals surface area (Å²) < 4.78 is 67.4. The van der Waals surface area contributed by atoms with Crippen molar-refractivity contribution >= 4 is 5.91 Å². The molecule has 6 nitrogen and oxygen atoms in total. The van der Waals surface area contributed by atoms with Gasteiger partial charge in [-0.1, -0.05) is 6.92 Å². The predicted octanol–water partition coefficient (Wildman–Crippen LogP) is 2.81. The molecule has 0 aliphatic carbocycles. The molecule has 1 amide bonds. The third-order valence-electron chi connectivity index (χ3n) is 5.20. The molecular formula is C18H19F5N4O2. The van der Waals surface area contributed by atoms with E-state index in [4.69, 9.17) is 0 Å². The van der Waals surface area contributed by atoms with Gasteiger partial charge in [-0.2, -0.15) is 18.3 Å². The number of amides is 1. The van der Waals surface area contributed by atoms with Gasteiger partial charge in [-0.05, 0) is 25.3 Å². The van der Waals surface area contributed by atoms with Crippen LogP contribution in [0.2, 0.25) is 0 Å². The molecule has 2 aromatic heterocycles. The minimum Gasteiger partial charge on any atom is -0.373 e. The number of likely N-dealkylation sites (tertiary alicyclic amines) is 1. The summed E-state index contributed by atoms with van der Waals surface area (Å²) in [6.45, 7) is 2.12. The van der Waals surface area contributed by atoms with E-state index in [1.165, 1.54) is 10.9 Å². The van der Waals surface area contributed by atoms with Gasteiger partial charge in [-0.3, -0.25) is 4.79 Å². The zero-order valence-corrected chi connectivity index (χ0v) is 15.6. The highest BCUT2D eigenvalue weighted by Crippen LogP contribution is 2.37. The highest BCUT2D eigenvalue weighted by atomic mass is 19.4. The van der Waals surface area contributed by atoms with Crippen molar-refractivity contribution in [2.45, 2.75) is 38.0 Å². The minimum atomic E-state index is -5.09. The van der Waals surface area contributed by atoms with Gasteiger partial charge in [0.1, 0.15) is 5.82 Å². The number of nitrogens with zero attached hydrogens (tertiary/aromatic N) is 4. The molecule has 1 fully saturated rings. The van der Waals surface area contributed by atoms with Crippen LogP contribution in [-0.2, 0) is 4.79 Å². The number of aliphatic hydroxyl groups is 1. The molecule has 158 valence electrons. The Morgan fingerprint density at radius 2 is 2.00 bits per heavy atom. The molecule has 0 radical (unpaired) electrons. The van der Waals surface area contributed by atoms with Crippen LogP contribution < -0.4 is 0 Å². The Hall–Kier alpha value is -2.56. The highest BCUT2D eigenvalue weighted by molar-refractivity contribution is 5.85. The number of carbonyl (C=O) groups excluding carboxylic acids is 1. The molecule has 1 aliphatic heterocycles. The van der Waals surface area contributed by atoms with Crippen LogP contribution in [0.4, 0.5) is 22.0 Å². The smallest absolute Gasteiger partial charge is 0.373 e. The Labute approximate surface area is 163 Å². The van der Waals surface area contributed by atoms with E-state index in [0.717, 1.165) is 11.1 Å². The summed E-state index contributed by atoms with van der Waals surface area (Å²) in [4.78, 5) is 16.9. The van der Waals surface area contributed by atoms with Gasteiger partial charge in [0, 0.05) is 37.0 Å². The number of rotatable bonds is 3. The lowest BCUT2D eigenvalue weighted by molar-refractivity contribution is -0.250. The summed E-state index contributed by atoms with van der Waals surface area (Å²) in [6.07, 6.45) is -2.55. The molecule has 11 heteroatoms. The molecule has 0 saturated carbocycles. The number of carbonyl (C=O) groups is 1. The Morgan fingerprint density at radius 1 is 1.31 bits per heavy atom. The summed E-state index contributed by atoms with van der Waals surface area (Å²) in [5.74, 6) is -3.92. The van der Waals surface area contributed by atoms with Crippen LogP contribution in [0.25, 0.3) is 5.82 Å². The third kappa shape index (κ3) is 3.83. The van der Waals surface area contributed by atoms with Gasteiger partial charge in [0.2, 0.25) is 5.60 Å². The second kappa shape index (κ2) is 7.36. The summed E-state index contributed by atoms with van der Waals surface area (Å²) in [5, 5.41) is 13.7. The quantitative estimate of drug-likeness (QED) is 0.779. The Morgan fingerprint density at radius 3 is 2.59 bits per heavy atom. The molecular weight excluding hydrogens is 399 g/mol. The predicted molar refractivity (Wildman–Crippen MR) is 91.1 cm³/mol. The van der Waals surface area contributed by atoms with E-state index >= 15 is 0 Å². The average Bonchev–Trinajstić information content (AvgIpc) is 3.09. The van der Waals surface area contributed by atoms with Crippen molar-refractivity contribution < 1.29 is 31.9 Å². The first-order chi connectivity index (χ1) is 13.4. The van der Waals surface area contributed by atoms with Crippen LogP contribution >= 0.6 is 0 Å². The first kappa shape index (κ1) is 21.2. The maximum Gasteiger partial charge on any atom is 0.426 e. The summed E-state index contributed by atoms with van der Waals surface area (Å²) in [7, 11) is 0. The number of piperidine rings is 1. The molecule has 3 heterocycles. The van der Waals surface area contributed by atoms with Crippen molar-refractivity contribution in [2.75, 3.05) is 13.1 Å². The van der Waals surface area contributed by atoms with E-state index in [1.54, 1.807) is 13.0 Å². The number of hydrogen-bond acceptors (Lipinski definition) is 4. The summed E-state index contributed by atoms with van der Waals surface area (Å²) in [6, 6.07) is 2.30. The molecule has 0 unspecified atom stereocenters. The van der Waals surface area contributed by atoms with E-state index in [2.05, 4.69) is 10.1 Å². The second-order valence-electron chi connectivity index (χ2n) is 7.32. The van der Waals surface area contributed by atoms with Gasteiger partial charge < -0.3 is 10.0 Å². The van der Waals surface area contributed by atoms with Gasteiger partial charge in [0.25, 0.3) is 5.91 Å². The number of halogens is 5. The van der Waals surface area contributed by atoms with Crippen molar-refractivity contribution in [2.24, 2.45) is 5.92 Å². The molecule has 3 atom stereocenters. The van der Waals surface area contributed by atoms with Crippen molar-refractivity contribution in [3.05, 3.63) is 41.9 Å². The standard InChI is InChI=1S/C18H19F5N4O2/c1-10-9-26(16(28)17(2,29)18(21,22)23)6-4-12(10)14-3-5-25-27(14)15-13(20)7-11(19)8-24-15/h3,5,7-8,10,12,29H,4,6,9H2,1-2H3/t10-,12+,17-/m1/s1. The Balaban J connectivity index is 1.82.